The second-order valence-corrected chi connectivity index (χ2v) is 8.12. The van der Waals surface area contributed by atoms with Crippen LogP contribution >= 0.6 is 0 Å². The van der Waals surface area contributed by atoms with Crippen LogP contribution in [-0.2, 0) is 4.79 Å². The first kappa shape index (κ1) is 19.4. The number of nitrogens with zero attached hydrogens (tertiary/aromatic N) is 2. The fourth-order valence-corrected chi connectivity index (χ4v) is 3.77. The van der Waals surface area contributed by atoms with Crippen molar-refractivity contribution in [2.45, 2.75) is 32.6 Å². The Morgan fingerprint density at radius 1 is 1.21 bits per heavy atom. The Hall–Kier alpha value is -2.96. The van der Waals surface area contributed by atoms with Gasteiger partial charge < -0.3 is 15.2 Å². The molecule has 1 aromatic heterocycles. The molecule has 2 N–H and O–H groups in total. The van der Waals surface area contributed by atoms with Gasteiger partial charge in [-0.3, -0.25) is 14.4 Å². The van der Waals surface area contributed by atoms with Gasteiger partial charge in [0.2, 0.25) is 5.91 Å². The Balaban J connectivity index is 1.36. The smallest absolute Gasteiger partial charge is 0.264 e. The summed E-state index contributed by atoms with van der Waals surface area (Å²) < 4.78 is 0. The molecule has 2 fully saturated rings. The minimum Gasteiger partial charge on any atom is -0.351 e. The van der Waals surface area contributed by atoms with E-state index in [1.807, 2.05) is 36.1 Å². The van der Waals surface area contributed by atoms with Crippen molar-refractivity contribution >= 4 is 11.8 Å². The Bertz CT molecular complexity index is 963. The lowest BCUT2D eigenvalue weighted by atomic mass is 9.97. The summed E-state index contributed by atoms with van der Waals surface area (Å²) in [4.78, 5) is 46.0. The summed E-state index contributed by atoms with van der Waals surface area (Å²) in [6, 6.07) is 7.64. The summed E-state index contributed by atoms with van der Waals surface area (Å²) >= 11 is 0. The van der Waals surface area contributed by atoms with E-state index >= 15 is 0 Å². The lowest BCUT2D eigenvalue weighted by Gasteiger charge is -2.33. The van der Waals surface area contributed by atoms with Gasteiger partial charge in [-0.15, -0.1) is 0 Å². The average Bonchev–Trinajstić information content (AvgIpc) is 3.57. The minimum atomic E-state index is -0.456. The molecule has 0 spiro atoms. The predicted molar refractivity (Wildman–Crippen MR) is 109 cm³/mol. The molecule has 0 bridgehead atoms. The molecule has 0 unspecified atom stereocenters. The van der Waals surface area contributed by atoms with Crippen LogP contribution in [0.4, 0.5) is 0 Å². The number of carbonyl (C=O) groups excluding carboxylic acids is 2. The number of aryl methyl sites for hydroxylation is 1. The monoisotopic (exact) mass is 394 g/mol. The third-order valence-corrected chi connectivity index (χ3v) is 5.68. The molecule has 2 aliphatic rings. The molecule has 4 rings (SSSR count). The second kappa shape index (κ2) is 8.19. The van der Waals surface area contributed by atoms with Crippen molar-refractivity contribution in [3.63, 3.8) is 0 Å². The largest absolute Gasteiger partial charge is 0.351 e. The van der Waals surface area contributed by atoms with Crippen LogP contribution in [0.5, 0.6) is 0 Å². The quantitative estimate of drug-likeness (QED) is 0.812. The first-order valence-corrected chi connectivity index (χ1v) is 10.2. The molecule has 1 aromatic carbocycles. The average molecular weight is 394 g/mol. The molecule has 152 valence electrons. The lowest BCUT2D eigenvalue weighted by molar-refractivity contribution is -0.134. The fraction of sp³-hybridized carbons (Fsp3) is 0.455. The van der Waals surface area contributed by atoms with Gasteiger partial charge in [-0.1, -0.05) is 29.8 Å². The highest BCUT2D eigenvalue weighted by molar-refractivity contribution is 5.93. The molecule has 7 heteroatoms. The minimum absolute atomic E-state index is 0.00239. The Morgan fingerprint density at radius 2 is 1.97 bits per heavy atom. The molecule has 2 aromatic rings. The van der Waals surface area contributed by atoms with Crippen molar-refractivity contribution in [1.29, 1.82) is 0 Å². The zero-order valence-corrected chi connectivity index (χ0v) is 16.6. The Kier molecular flexibility index (Phi) is 5.47. The Morgan fingerprint density at radius 3 is 2.66 bits per heavy atom. The summed E-state index contributed by atoms with van der Waals surface area (Å²) in [5.41, 5.74) is 1.46. The van der Waals surface area contributed by atoms with E-state index in [-0.39, 0.29) is 23.3 Å². The van der Waals surface area contributed by atoms with Gasteiger partial charge in [0.15, 0.2) is 0 Å². The van der Waals surface area contributed by atoms with Gasteiger partial charge in [0.1, 0.15) is 11.4 Å². The molecule has 1 saturated carbocycles. The summed E-state index contributed by atoms with van der Waals surface area (Å²) in [5, 5.41) is 2.84. The lowest BCUT2D eigenvalue weighted by Crippen LogP contribution is -2.44. The zero-order chi connectivity index (χ0) is 20.4. The number of benzene rings is 1. The fourth-order valence-electron chi connectivity index (χ4n) is 3.77. The number of hydrogen-bond donors (Lipinski definition) is 2. The van der Waals surface area contributed by atoms with E-state index < -0.39 is 11.5 Å². The first-order valence-electron chi connectivity index (χ1n) is 10.2. The molecule has 1 aliphatic heterocycles. The molecular weight excluding hydrogens is 368 g/mol. The summed E-state index contributed by atoms with van der Waals surface area (Å²) in [6.07, 6.45) is 5.26. The van der Waals surface area contributed by atoms with E-state index in [4.69, 9.17) is 0 Å². The number of amides is 2. The number of nitrogens with one attached hydrogen (secondary N) is 2. The van der Waals surface area contributed by atoms with Gasteiger partial charge in [0.25, 0.3) is 11.5 Å². The van der Waals surface area contributed by atoms with Gasteiger partial charge in [-0.2, -0.15) is 0 Å². The molecular formula is C22H26N4O3. The van der Waals surface area contributed by atoms with E-state index in [0.29, 0.717) is 18.9 Å². The maximum absolute atomic E-state index is 12.5. The summed E-state index contributed by atoms with van der Waals surface area (Å²) in [5.74, 6) is 0.704. The molecule has 2 amide bonds. The SMILES string of the molecule is Cc1ccc(-c2ncc(C(=O)NC[C@@H]3CCCN(C(=O)C4CC4)C3)c(=O)[nH]2)cc1. The van der Waals surface area contributed by atoms with Crippen molar-refractivity contribution in [2.24, 2.45) is 11.8 Å². The number of hydrogen-bond acceptors (Lipinski definition) is 4. The molecule has 2 heterocycles. The molecule has 29 heavy (non-hydrogen) atoms. The topological polar surface area (TPSA) is 95.2 Å². The van der Waals surface area contributed by atoms with E-state index in [2.05, 4.69) is 15.3 Å². The highest BCUT2D eigenvalue weighted by Gasteiger charge is 2.35. The van der Waals surface area contributed by atoms with E-state index in [1.165, 1.54) is 6.20 Å². The summed E-state index contributed by atoms with van der Waals surface area (Å²) in [7, 11) is 0. The van der Waals surface area contributed by atoms with Gasteiger partial charge in [0, 0.05) is 37.3 Å². The van der Waals surface area contributed by atoms with Crippen molar-refractivity contribution in [2.75, 3.05) is 19.6 Å². The standard InChI is InChI=1S/C22H26N4O3/c1-14-4-6-16(7-5-14)19-23-12-18(21(28)25-19)20(27)24-11-15-3-2-10-26(13-15)22(29)17-8-9-17/h4-7,12,15,17H,2-3,8-11,13H2,1H3,(H,24,27)(H,23,25,28)/t15-/m0/s1. The second-order valence-electron chi connectivity index (χ2n) is 8.12. The van der Waals surface area contributed by atoms with Crippen molar-refractivity contribution in [3.8, 4) is 11.4 Å². The van der Waals surface area contributed by atoms with Crippen LogP contribution in [0.2, 0.25) is 0 Å². The number of likely N-dealkylation sites (tertiary alicyclic amines) is 1. The maximum atomic E-state index is 12.5. The number of H-pyrrole nitrogens is 1. The number of piperidine rings is 1. The normalized spacial score (nSPS) is 19.1. The number of aromatic nitrogens is 2. The Labute approximate surface area is 169 Å². The van der Waals surface area contributed by atoms with Gasteiger partial charge >= 0.3 is 0 Å². The number of rotatable bonds is 5. The highest BCUT2D eigenvalue weighted by Crippen LogP contribution is 2.32. The maximum Gasteiger partial charge on any atom is 0.264 e. The van der Waals surface area contributed by atoms with Gasteiger partial charge in [0.05, 0.1) is 0 Å². The van der Waals surface area contributed by atoms with E-state index in [1.54, 1.807) is 0 Å². The number of aromatic amines is 1. The highest BCUT2D eigenvalue weighted by atomic mass is 16.2. The molecule has 1 saturated heterocycles. The van der Waals surface area contributed by atoms with Crippen molar-refractivity contribution in [3.05, 3.63) is 51.9 Å². The van der Waals surface area contributed by atoms with Crippen molar-refractivity contribution in [1.82, 2.24) is 20.2 Å². The number of carbonyl (C=O) groups is 2. The van der Waals surface area contributed by atoms with Crippen LogP contribution in [0.25, 0.3) is 11.4 Å². The van der Waals surface area contributed by atoms with Crippen LogP contribution in [0, 0.1) is 18.8 Å². The van der Waals surface area contributed by atoms with Crippen LogP contribution in [0.15, 0.2) is 35.3 Å². The van der Waals surface area contributed by atoms with Crippen molar-refractivity contribution < 1.29 is 9.59 Å². The molecule has 1 aliphatic carbocycles. The molecule has 1 atom stereocenters. The zero-order valence-electron chi connectivity index (χ0n) is 16.6. The predicted octanol–water partition coefficient (Wildman–Crippen LogP) is 2.12. The third kappa shape index (κ3) is 4.55. The first-order chi connectivity index (χ1) is 14.0. The van der Waals surface area contributed by atoms with Crippen LogP contribution in [0.1, 0.15) is 41.6 Å². The molecule has 0 radical (unpaired) electrons. The van der Waals surface area contributed by atoms with Crippen LogP contribution in [-0.4, -0.2) is 46.3 Å². The molecule has 7 nitrogen and oxygen atoms in total. The van der Waals surface area contributed by atoms with Gasteiger partial charge in [-0.25, -0.2) is 4.98 Å². The van der Waals surface area contributed by atoms with E-state index in [9.17, 15) is 14.4 Å². The third-order valence-electron chi connectivity index (χ3n) is 5.68. The van der Waals surface area contributed by atoms with Gasteiger partial charge in [-0.05, 0) is 38.5 Å². The summed E-state index contributed by atoms with van der Waals surface area (Å²) in [6.45, 7) is 3.92. The van der Waals surface area contributed by atoms with E-state index in [0.717, 1.165) is 43.4 Å². The van der Waals surface area contributed by atoms with Crippen LogP contribution in [0.3, 0.4) is 0 Å². The van der Waals surface area contributed by atoms with Crippen LogP contribution < -0.4 is 10.9 Å².